The summed E-state index contributed by atoms with van der Waals surface area (Å²) < 4.78 is 30.0. The fourth-order valence-corrected chi connectivity index (χ4v) is 14.8. The third kappa shape index (κ3) is 23.6. The Morgan fingerprint density at radius 3 is 0.867 bits per heavy atom. The van der Waals surface area contributed by atoms with Gasteiger partial charge in [0, 0.05) is 0 Å². The molecule has 0 aromatic rings. The molecule has 8 saturated carbocycles. The number of hydrogen-bond donors (Lipinski definition) is 0. The first-order valence-electron chi connectivity index (χ1n) is 38.1. The lowest BCUT2D eigenvalue weighted by Crippen LogP contribution is -2.58. The number of carbonyl (C=O) groups is 5. The van der Waals surface area contributed by atoms with E-state index in [-0.39, 0.29) is 84.9 Å². The fourth-order valence-electron chi connectivity index (χ4n) is 14.8. The summed E-state index contributed by atoms with van der Waals surface area (Å²) in [4.78, 5) is 61.6. The Labute approximate surface area is 555 Å². The normalized spacial score (nSPS) is 25.8. The minimum Gasteiger partial charge on any atom is -0.459 e. The van der Waals surface area contributed by atoms with Crippen LogP contribution in [0.25, 0.3) is 0 Å². The van der Waals surface area contributed by atoms with Gasteiger partial charge in [-0.3, -0.25) is 24.0 Å². The summed E-state index contributed by atoms with van der Waals surface area (Å²) in [6.45, 7) is 45.4. The van der Waals surface area contributed by atoms with Crippen molar-refractivity contribution in [2.75, 3.05) is 0 Å². The standard InChI is InChI=1S/C17H28O2.C17H32O2.C16H30O2.2C15H28O2/c1-5-16(2,3)15(18)19-17(4)13-7-11-6-12(9-13)10-14(17)8-11;1-6-16(4,5)15(18)19-17(14(2)3)12-10-8-7-9-11-13-17;1-5-15(3,4)14(17)18-16(6-2)12-10-8-7-9-11-13-16;1-6-14(4,5)13(16)17-15(12(2)3)10-8-7-9-11-15;1-5-14(2,3)13(16)17-15(4)11-9-7-6-8-10-12-15/h11-14H,5-10H2,1-4H3;14H,6-13H2,1-5H3;5-13H2,1-4H3;12H,6-11H2,1-5H3;5-12H2,1-4H3. The quantitative estimate of drug-likeness (QED) is 0.0965. The first-order valence-corrected chi connectivity index (χ1v) is 38.1. The van der Waals surface area contributed by atoms with Gasteiger partial charge in [-0.05, 0) is 292 Å². The summed E-state index contributed by atoms with van der Waals surface area (Å²) in [5.74, 6) is 3.88. The van der Waals surface area contributed by atoms with Gasteiger partial charge in [0.2, 0.25) is 0 Å². The number of esters is 5. The predicted molar refractivity (Wildman–Crippen MR) is 373 cm³/mol. The zero-order chi connectivity index (χ0) is 68.0. The molecule has 0 aromatic heterocycles. The highest BCUT2D eigenvalue weighted by atomic mass is 16.6. The molecule has 0 unspecified atom stereocenters. The summed E-state index contributed by atoms with van der Waals surface area (Å²) >= 11 is 0. The summed E-state index contributed by atoms with van der Waals surface area (Å²) in [6, 6.07) is 0. The molecule has 8 fully saturated rings. The van der Waals surface area contributed by atoms with Gasteiger partial charge in [-0.2, -0.15) is 0 Å². The molecule has 4 bridgehead atoms. The van der Waals surface area contributed by atoms with E-state index in [4.69, 9.17) is 23.7 Å². The molecule has 0 amide bonds. The average Bonchev–Trinajstić information content (AvgIpc) is 0.736. The van der Waals surface area contributed by atoms with Crippen molar-refractivity contribution in [3.05, 3.63) is 0 Å². The highest BCUT2D eigenvalue weighted by molar-refractivity contribution is 5.78. The molecule has 10 heteroatoms. The van der Waals surface area contributed by atoms with Gasteiger partial charge in [0.05, 0.1) is 27.1 Å². The Balaban J connectivity index is 0.000000294. The van der Waals surface area contributed by atoms with Crippen LogP contribution in [0.5, 0.6) is 0 Å². The summed E-state index contributed by atoms with van der Waals surface area (Å²) in [7, 11) is 0. The molecular formula is C80H146O10. The van der Waals surface area contributed by atoms with Crippen molar-refractivity contribution in [1.82, 2.24) is 0 Å². The van der Waals surface area contributed by atoms with Crippen LogP contribution in [0.4, 0.5) is 0 Å². The van der Waals surface area contributed by atoms with E-state index in [0.29, 0.717) is 23.7 Å². The van der Waals surface area contributed by atoms with Crippen LogP contribution in [0.2, 0.25) is 0 Å². The highest BCUT2D eigenvalue weighted by Crippen LogP contribution is 2.60. The molecule has 0 N–H and O–H groups in total. The van der Waals surface area contributed by atoms with Crippen molar-refractivity contribution < 1.29 is 47.7 Å². The van der Waals surface area contributed by atoms with Gasteiger partial charge in [-0.25, -0.2) is 0 Å². The van der Waals surface area contributed by atoms with E-state index in [2.05, 4.69) is 69.2 Å². The molecule has 90 heavy (non-hydrogen) atoms. The Morgan fingerprint density at radius 2 is 0.578 bits per heavy atom. The summed E-state index contributed by atoms with van der Waals surface area (Å²) in [5, 5.41) is 0. The molecule has 8 rings (SSSR count). The third-order valence-electron chi connectivity index (χ3n) is 24.8. The van der Waals surface area contributed by atoms with E-state index in [9.17, 15) is 24.0 Å². The highest BCUT2D eigenvalue weighted by Gasteiger charge is 2.58. The predicted octanol–water partition coefficient (Wildman–Crippen LogP) is 22.9. The van der Waals surface area contributed by atoms with Gasteiger partial charge in [0.15, 0.2) is 0 Å². The fraction of sp³-hybridized carbons (Fsp3) is 0.938. The molecule has 0 aliphatic heterocycles. The van der Waals surface area contributed by atoms with E-state index in [1.54, 1.807) is 0 Å². The zero-order valence-corrected chi connectivity index (χ0v) is 63.2. The van der Waals surface area contributed by atoms with Crippen LogP contribution in [0.3, 0.4) is 0 Å². The number of ether oxygens (including phenoxy) is 5. The molecule has 0 heterocycles. The number of hydrogen-bond acceptors (Lipinski definition) is 10. The third-order valence-corrected chi connectivity index (χ3v) is 24.8. The monoisotopic (exact) mass is 1270 g/mol. The van der Waals surface area contributed by atoms with Crippen molar-refractivity contribution in [2.45, 2.75) is 418 Å². The zero-order valence-electron chi connectivity index (χ0n) is 63.2. The van der Waals surface area contributed by atoms with Crippen LogP contribution in [-0.4, -0.2) is 57.9 Å². The van der Waals surface area contributed by atoms with Crippen LogP contribution < -0.4 is 0 Å². The molecule has 0 radical (unpaired) electrons. The Kier molecular flexibility index (Phi) is 32.6. The Bertz CT molecular complexity index is 2070. The molecule has 0 saturated heterocycles. The first kappa shape index (κ1) is 81.6. The van der Waals surface area contributed by atoms with Crippen LogP contribution in [0, 0.1) is 62.6 Å². The van der Waals surface area contributed by atoms with Crippen molar-refractivity contribution in [3.8, 4) is 0 Å². The molecule has 8 aliphatic carbocycles. The lowest BCUT2D eigenvalue weighted by atomic mass is 9.50. The van der Waals surface area contributed by atoms with Crippen molar-refractivity contribution >= 4 is 29.8 Å². The summed E-state index contributed by atoms with van der Waals surface area (Å²) in [5.41, 5.74) is -2.70. The van der Waals surface area contributed by atoms with Crippen LogP contribution in [-0.2, 0) is 47.7 Å². The summed E-state index contributed by atoms with van der Waals surface area (Å²) in [6.07, 6.45) is 42.6. The smallest absolute Gasteiger partial charge is 0.312 e. The van der Waals surface area contributed by atoms with E-state index in [1.165, 1.54) is 148 Å². The number of carbonyl (C=O) groups excluding carboxylic acids is 5. The largest absolute Gasteiger partial charge is 0.459 e. The van der Waals surface area contributed by atoms with E-state index in [1.807, 2.05) is 83.1 Å². The van der Waals surface area contributed by atoms with E-state index in [0.717, 1.165) is 102 Å². The van der Waals surface area contributed by atoms with Crippen molar-refractivity contribution in [3.63, 3.8) is 0 Å². The second-order valence-corrected chi connectivity index (χ2v) is 34.4. The maximum Gasteiger partial charge on any atom is 0.312 e. The molecule has 526 valence electrons. The molecule has 0 spiro atoms. The lowest BCUT2D eigenvalue weighted by molar-refractivity contribution is -0.211. The minimum atomic E-state index is -0.357. The van der Waals surface area contributed by atoms with Gasteiger partial charge in [0.1, 0.15) is 28.0 Å². The van der Waals surface area contributed by atoms with E-state index >= 15 is 0 Å². The van der Waals surface area contributed by atoms with Crippen LogP contribution in [0.15, 0.2) is 0 Å². The Hall–Kier alpha value is -2.65. The van der Waals surface area contributed by atoms with Crippen molar-refractivity contribution in [2.24, 2.45) is 62.6 Å². The molecule has 8 aliphatic rings. The topological polar surface area (TPSA) is 132 Å². The average molecular weight is 1270 g/mol. The van der Waals surface area contributed by atoms with Crippen LogP contribution >= 0.6 is 0 Å². The van der Waals surface area contributed by atoms with Gasteiger partial charge in [-0.15, -0.1) is 0 Å². The minimum absolute atomic E-state index is 0.00702. The van der Waals surface area contributed by atoms with Crippen molar-refractivity contribution in [1.29, 1.82) is 0 Å². The van der Waals surface area contributed by atoms with Gasteiger partial charge in [-0.1, -0.05) is 133 Å². The number of rotatable bonds is 18. The first-order chi connectivity index (χ1) is 41.9. The maximum absolute atomic E-state index is 12.5. The van der Waals surface area contributed by atoms with E-state index < -0.39 is 0 Å². The molecule has 0 aromatic carbocycles. The SMILES string of the molecule is CCC(C)(C)C(=O)OC1(C(C)C)CCCCC1.CCC(C)(C)C(=O)OC1(C(C)C)CCCCCCC1.CCC(C)(C)C(=O)OC1(C)C2CC3CC(C2)CC1C3.CCC(C)(C)C(=O)OC1(C)CCCCCCC1.CCC1(OC(=O)C(C)(C)CC)CCCCCCC1. The van der Waals surface area contributed by atoms with Gasteiger partial charge in [0.25, 0.3) is 0 Å². The lowest BCUT2D eigenvalue weighted by Gasteiger charge is -2.59. The Morgan fingerprint density at radius 1 is 0.333 bits per heavy atom. The molecule has 10 nitrogen and oxygen atoms in total. The second kappa shape index (κ2) is 35.9. The maximum atomic E-state index is 12.5. The van der Waals surface area contributed by atoms with Gasteiger partial charge < -0.3 is 23.7 Å². The molecular weight excluding hydrogens is 1120 g/mol. The molecule has 0 atom stereocenters. The van der Waals surface area contributed by atoms with Crippen LogP contribution in [0.1, 0.15) is 390 Å². The van der Waals surface area contributed by atoms with Gasteiger partial charge >= 0.3 is 29.8 Å². The second-order valence-electron chi connectivity index (χ2n) is 34.4.